The normalized spacial score (nSPS) is 10.7. The Kier molecular flexibility index (Phi) is 7.13. The third-order valence-electron chi connectivity index (χ3n) is 1.29. The Morgan fingerprint density at radius 2 is 1.29 bits per heavy atom. The highest BCUT2D eigenvalue weighted by atomic mass is 16.1. The highest BCUT2D eigenvalue weighted by Gasteiger charge is 1.83. The van der Waals surface area contributed by atoms with Crippen molar-refractivity contribution >= 4 is 11.6 Å². The lowest BCUT2D eigenvalue weighted by Gasteiger charge is -1.99. The van der Waals surface area contributed by atoms with Crippen molar-refractivity contribution in [2.45, 2.75) is 13.8 Å². The number of allylic oxidation sites excluding steroid dienone is 2. The summed E-state index contributed by atoms with van der Waals surface area (Å²) in [5.41, 5.74) is 0. The molecule has 0 saturated heterocycles. The van der Waals surface area contributed by atoms with Crippen molar-refractivity contribution in [1.29, 1.82) is 0 Å². The minimum atomic E-state index is 0.0157. The Bertz CT molecular complexity index is 219. The van der Waals surface area contributed by atoms with E-state index in [1.807, 2.05) is 0 Å². The van der Waals surface area contributed by atoms with Crippen molar-refractivity contribution < 1.29 is 9.59 Å². The molecule has 0 bridgehead atoms. The first-order valence-corrected chi connectivity index (χ1v) is 4.44. The topological polar surface area (TPSA) is 58.2 Å². The highest BCUT2D eigenvalue weighted by molar-refractivity contribution is 5.87. The van der Waals surface area contributed by atoms with Crippen LogP contribution in [0.1, 0.15) is 13.8 Å². The molecule has 0 saturated carbocycles. The SMILES string of the molecule is CC(=O)/C=C/NCCN/C=C/C(C)=O. The second-order valence-corrected chi connectivity index (χ2v) is 2.80. The van der Waals surface area contributed by atoms with Gasteiger partial charge in [-0.2, -0.15) is 0 Å². The van der Waals surface area contributed by atoms with E-state index < -0.39 is 0 Å². The molecule has 0 aliphatic rings. The molecule has 0 aromatic rings. The van der Waals surface area contributed by atoms with Crippen LogP contribution in [-0.4, -0.2) is 24.7 Å². The molecule has 0 aromatic heterocycles. The summed E-state index contributed by atoms with van der Waals surface area (Å²) in [6.45, 7) is 4.39. The minimum absolute atomic E-state index is 0.0157. The van der Waals surface area contributed by atoms with Gasteiger partial charge in [0.05, 0.1) is 0 Å². The Hall–Kier alpha value is -1.58. The number of rotatable bonds is 7. The lowest BCUT2D eigenvalue weighted by Crippen LogP contribution is -2.20. The van der Waals surface area contributed by atoms with E-state index in [4.69, 9.17) is 0 Å². The average molecular weight is 196 g/mol. The monoisotopic (exact) mass is 196 g/mol. The number of hydrogen-bond donors (Lipinski definition) is 2. The van der Waals surface area contributed by atoms with Gasteiger partial charge in [0.2, 0.25) is 0 Å². The number of ketones is 2. The van der Waals surface area contributed by atoms with E-state index in [1.54, 1.807) is 12.4 Å². The predicted molar refractivity (Wildman–Crippen MR) is 55.6 cm³/mol. The zero-order valence-electron chi connectivity index (χ0n) is 8.54. The fourth-order valence-electron chi connectivity index (χ4n) is 0.664. The third-order valence-corrected chi connectivity index (χ3v) is 1.29. The van der Waals surface area contributed by atoms with Crippen LogP contribution in [0.25, 0.3) is 0 Å². The molecule has 0 aromatic carbocycles. The molecule has 0 atom stereocenters. The van der Waals surface area contributed by atoms with Gasteiger partial charge in [0.25, 0.3) is 0 Å². The Morgan fingerprint density at radius 3 is 1.57 bits per heavy atom. The van der Waals surface area contributed by atoms with Crippen LogP contribution in [0.3, 0.4) is 0 Å². The van der Waals surface area contributed by atoms with Crippen LogP contribution in [-0.2, 0) is 9.59 Å². The van der Waals surface area contributed by atoms with Gasteiger partial charge in [-0.15, -0.1) is 0 Å². The van der Waals surface area contributed by atoms with Gasteiger partial charge in [-0.3, -0.25) is 9.59 Å². The van der Waals surface area contributed by atoms with Gasteiger partial charge in [0.15, 0.2) is 11.6 Å². The van der Waals surface area contributed by atoms with E-state index in [0.717, 1.165) is 0 Å². The molecule has 4 nitrogen and oxygen atoms in total. The number of nitrogens with one attached hydrogen (secondary N) is 2. The molecule has 0 radical (unpaired) electrons. The highest BCUT2D eigenvalue weighted by Crippen LogP contribution is 1.72. The van der Waals surface area contributed by atoms with Gasteiger partial charge >= 0.3 is 0 Å². The van der Waals surface area contributed by atoms with Crippen LogP contribution < -0.4 is 10.6 Å². The van der Waals surface area contributed by atoms with Gasteiger partial charge in [-0.05, 0) is 38.4 Å². The molecule has 0 fully saturated rings. The summed E-state index contributed by atoms with van der Waals surface area (Å²) in [5.74, 6) is 0.0314. The molecule has 0 aliphatic heterocycles. The van der Waals surface area contributed by atoms with E-state index >= 15 is 0 Å². The second kappa shape index (κ2) is 8.04. The molecule has 4 heteroatoms. The first kappa shape index (κ1) is 12.4. The predicted octanol–water partition coefficient (Wildman–Crippen LogP) is 0.371. The summed E-state index contributed by atoms with van der Waals surface area (Å²) >= 11 is 0. The molecular formula is C10H16N2O2. The Labute approximate surface area is 84.1 Å². The third kappa shape index (κ3) is 10.4. The zero-order chi connectivity index (χ0) is 10.8. The molecule has 0 rings (SSSR count). The van der Waals surface area contributed by atoms with Crippen LogP contribution >= 0.6 is 0 Å². The van der Waals surface area contributed by atoms with Gasteiger partial charge < -0.3 is 10.6 Å². The summed E-state index contributed by atoms with van der Waals surface area (Å²) in [6.07, 6.45) is 6.15. The minimum Gasteiger partial charge on any atom is -0.389 e. The van der Waals surface area contributed by atoms with Crippen LogP contribution in [0.5, 0.6) is 0 Å². The lowest BCUT2D eigenvalue weighted by molar-refractivity contribution is -0.113. The first-order chi connectivity index (χ1) is 6.63. The fourth-order valence-corrected chi connectivity index (χ4v) is 0.664. The van der Waals surface area contributed by atoms with E-state index in [0.29, 0.717) is 13.1 Å². The summed E-state index contributed by atoms with van der Waals surface area (Å²) in [5, 5.41) is 5.84. The van der Waals surface area contributed by atoms with Gasteiger partial charge in [-0.1, -0.05) is 0 Å². The summed E-state index contributed by atoms with van der Waals surface area (Å²) in [7, 11) is 0. The molecule has 0 amide bonds. The molecule has 0 unspecified atom stereocenters. The summed E-state index contributed by atoms with van der Waals surface area (Å²) < 4.78 is 0. The standard InChI is InChI=1S/C10H16N2O2/c1-9(13)3-5-11-7-8-12-6-4-10(2)14/h3-6,11-12H,7-8H2,1-2H3/b5-3+,6-4+. The Morgan fingerprint density at radius 1 is 0.929 bits per heavy atom. The lowest BCUT2D eigenvalue weighted by atomic mass is 10.4. The molecule has 2 N–H and O–H groups in total. The fraction of sp³-hybridized carbons (Fsp3) is 0.400. The molecule has 78 valence electrons. The van der Waals surface area contributed by atoms with Crippen molar-refractivity contribution in [2.24, 2.45) is 0 Å². The average Bonchev–Trinajstić information content (AvgIpc) is 2.08. The quantitative estimate of drug-likeness (QED) is 0.456. The first-order valence-electron chi connectivity index (χ1n) is 4.44. The molecule has 14 heavy (non-hydrogen) atoms. The van der Waals surface area contributed by atoms with Crippen LogP contribution in [0.2, 0.25) is 0 Å². The van der Waals surface area contributed by atoms with Crippen molar-refractivity contribution in [2.75, 3.05) is 13.1 Å². The van der Waals surface area contributed by atoms with E-state index in [-0.39, 0.29) is 11.6 Å². The number of carbonyl (C=O) groups is 2. The smallest absolute Gasteiger partial charge is 0.154 e. The Balaban J connectivity index is 3.30. The maximum Gasteiger partial charge on any atom is 0.154 e. The maximum atomic E-state index is 10.5. The molecular weight excluding hydrogens is 180 g/mol. The van der Waals surface area contributed by atoms with Crippen LogP contribution in [0.15, 0.2) is 24.6 Å². The van der Waals surface area contributed by atoms with Gasteiger partial charge in [0.1, 0.15) is 0 Å². The van der Waals surface area contributed by atoms with Crippen LogP contribution in [0, 0.1) is 0 Å². The van der Waals surface area contributed by atoms with E-state index in [1.165, 1.54) is 26.0 Å². The van der Waals surface area contributed by atoms with Crippen molar-refractivity contribution in [1.82, 2.24) is 10.6 Å². The summed E-state index contributed by atoms with van der Waals surface area (Å²) in [6, 6.07) is 0. The van der Waals surface area contributed by atoms with Crippen molar-refractivity contribution in [3.8, 4) is 0 Å². The van der Waals surface area contributed by atoms with Crippen molar-refractivity contribution in [3.05, 3.63) is 24.6 Å². The maximum absolute atomic E-state index is 10.5. The molecule has 0 heterocycles. The van der Waals surface area contributed by atoms with Crippen molar-refractivity contribution in [3.63, 3.8) is 0 Å². The largest absolute Gasteiger partial charge is 0.389 e. The van der Waals surface area contributed by atoms with Gasteiger partial charge in [-0.25, -0.2) is 0 Å². The molecule has 0 spiro atoms. The summed E-state index contributed by atoms with van der Waals surface area (Å²) in [4.78, 5) is 20.9. The van der Waals surface area contributed by atoms with E-state index in [2.05, 4.69) is 10.6 Å². The number of hydrogen-bond acceptors (Lipinski definition) is 4. The van der Waals surface area contributed by atoms with Crippen LogP contribution in [0.4, 0.5) is 0 Å². The zero-order valence-corrected chi connectivity index (χ0v) is 8.54. The number of carbonyl (C=O) groups excluding carboxylic acids is 2. The van der Waals surface area contributed by atoms with Gasteiger partial charge in [0, 0.05) is 13.1 Å². The second-order valence-electron chi connectivity index (χ2n) is 2.80. The van der Waals surface area contributed by atoms with E-state index in [9.17, 15) is 9.59 Å². The molecule has 0 aliphatic carbocycles.